The summed E-state index contributed by atoms with van der Waals surface area (Å²) in [5.74, 6) is 1.46. The third-order valence-electron chi connectivity index (χ3n) is 3.26. The van der Waals surface area contributed by atoms with Crippen molar-refractivity contribution in [3.05, 3.63) is 75.8 Å². The fourth-order valence-corrected chi connectivity index (χ4v) is 3.30. The summed E-state index contributed by atoms with van der Waals surface area (Å²) in [7, 11) is 0. The van der Waals surface area contributed by atoms with Gasteiger partial charge in [-0.1, -0.05) is 52.3 Å². The largest absolute Gasteiger partial charge is 0.352 e. The second-order valence-corrected chi connectivity index (χ2v) is 6.93. The van der Waals surface area contributed by atoms with E-state index in [1.807, 2.05) is 48.5 Å². The van der Waals surface area contributed by atoms with Crippen molar-refractivity contribution in [2.75, 3.05) is 12.3 Å². The van der Waals surface area contributed by atoms with Gasteiger partial charge in [-0.05, 0) is 29.3 Å². The number of benzene rings is 2. The van der Waals surface area contributed by atoms with E-state index in [-0.39, 0.29) is 5.91 Å². The molecule has 3 nitrogen and oxygen atoms in total. The zero-order valence-corrected chi connectivity index (χ0v) is 15.4. The Hall–Kier alpha value is -2.03. The molecule has 0 saturated heterocycles. The average molecular weight is 401 g/mol. The lowest BCUT2D eigenvalue weighted by molar-refractivity contribution is -0.116. The summed E-state index contributed by atoms with van der Waals surface area (Å²) < 4.78 is 0.959. The van der Waals surface area contributed by atoms with Crippen molar-refractivity contribution in [3.63, 3.8) is 0 Å². The monoisotopic (exact) mass is 400 g/mol. The number of nitrogens with one attached hydrogen (secondary N) is 1. The van der Waals surface area contributed by atoms with Crippen molar-refractivity contribution in [3.8, 4) is 6.07 Å². The smallest absolute Gasteiger partial charge is 0.244 e. The molecule has 0 spiro atoms. The van der Waals surface area contributed by atoms with Gasteiger partial charge in [-0.2, -0.15) is 17.0 Å². The lowest BCUT2D eigenvalue weighted by Gasteiger charge is -2.05. The van der Waals surface area contributed by atoms with Gasteiger partial charge in [-0.25, -0.2) is 0 Å². The number of hydrogen-bond donors (Lipinski definition) is 1. The van der Waals surface area contributed by atoms with Gasteiger partial charge in [0.1, 0.15) is 0 Å². The molecule has 0 aliphatic carbocycles. The summed E-state index contributed by atoms with van der Waals surface area (Å²) in [4.78, 5) is 11.8. The predicted molar refractivity (Wildman–Crippen MR) is 104 cm³/mol. The Kier molecular flexibility index (Phi) is 7.60. The molecule has 0 aliphatic rings. The second kappa shape index (κ2) is 9.96. The highest BCUT2D eigenvalue weighted by Crippen LogP contribution is 2.17. The molecule has 24 heavy (non-hydrogen) atoms. The maximum atomic E-state index is 11.8. The zero-order chi connectivity index (χ0) is 17.2. The first-order valence-electron chi connectivity index (χ1n) is 7.47. The van der Waals surface area contributed by atoms with Crippen molar-refractivity contribution < 1.29 is 4.79 Å². The Morgan fingerprint density at radius 1 is 1.21 bits per heavy atom. The van der Waals surface area contributed by atoms with Gasteiger partial charge < -0.3 is 5.32 Å². The number of thioether (sulfide) groups is 1. The van der Waals surface area contributed by atoms with E-state index >= 15 is 0 Å². The molecule has 2 aromatic rings. The Labute approximate surface area is 154 Å². The Morgan fingerprint density at radius 3 is 2.75 bits per heavy atom. The van der Waals surface area contributed by atoms with Crippen LogP contribution in [0.5, 0.6) is 0 Å². The van der Waals surface area contributed by atoms with Crippen LogP contribution in [-0.2, 0) is 10.5 Å². The highest BCUT2D eigenvalue weighted by molar-refractivity contribution is 9.10. The Balaban J connectivity index is 1.70. The minimum Gasteiger partial charge on any atom is -0.352 e. The number of nitrogens with zero attached hydrogens (tertiary/aromatic N) is 1. The van der Waals surface area contributed by atoms with Gasteiger partial charge in [-0.15, -0.1) is 0 Å². The maximum Gasteiger partial charge on any atom is 0.244 e. The van der Waals surface area contributed by atoms with Crippen LogP contribution in [0.3, 0.4) is 0 Å². The molecule has 0 radical (unpaired) electrons. The van der Waals surface area contributed by atoms with E-state index in [1.54, 1.807) is 17.8 Å². The third kappa shape index (κ3) is 5.88. The summed E-state index contributed by atoms with van der Waals surface area (Å²) in [6, 6.07) is 17.5. The lowest BCUT2D eigenvalue weighted by Crippen LogP contribution is -2.23. The van der Waals surface area contributed by atoms with Crippen LogP contribution in [0.25, 0.3) is 6.08 Å². The van der Waals surface area contributed by atoms with E-state index in [9.17, 15) is 4.79 Å². The summed E-state index contributed by atoms with van der Waals surface area (Å²) >= 11 is 5.14. The van der Waals surface area contributed by atoms with Gasteiger partial charge in [0.2, 0.25) is 5.91 Å². The van der Waals surface area contributed by atoms with Gasteiger partial charge in [-0.3, -0.25) is 4.79 Å². The molecule has 0 bridgehead atoms. The van der Waals surface area contributed by atoms with E-state index in [4.69, 9.17) is 5.26 Å². The van der Waals surface area contributed by atoms with Crippen molar-refractivity contribution in [1.29, 1.82) is 5.26 Å². The number of nitriles is 1. The Bertz CT molecular complexity index is 768. The molecule has 1 amide bonds. The minimum atomic E-state index is -0.108. The van der Waals surface area contributed by atoms with Crippen LogP contribution in [-0.4, -0.2) is 18.2 Å². The molecule has 0 heterocycles. The molecule has 0 aromatic heterocycles. The van der Waals surface area contributed by atoms with E-state index < -0.39 is 0 Å². The van der Waals surface area contributed by atoms with Crippen LogP contribution in [0.1, 0.15) is 16.7 Å². The SMILES string of the molecule is N#Cc1ccccc1CSCCNC(=O)/C=C/c1ccccc1Br. The fraction of sp³-hybridized carbons (Fsp3) is 0.158. The highest BCUT2D eigenvalue weighted by Gasteiger charge is 2.01. The summed E-state index contributed by atoms with van der Waals surface area (Å²) in [5.41, 5.74) is 2.71. The van der Waals surface area contributed by atoms with Crippen LogP contribution in [0, 0.1) is 11.3 Å². The molecule has 0 atom stereocenters. The van der Waals surface area contributed by atoms with E-state index in [0.29, 0.717) is 12.1 Å². The van der Waals surface area contributed by atoms with E-state index in [1.165, 1.54) is 6.08 Å². The number of hydrogen-bond acceptors (Lipinski definition) is 3. The third-order valence-corrected chi connectivity index (χ3v) is 4.99. The zero-order valence-electron chi connectivity index (χ0n) is 13.0. The van der Waals surface area contributed by atoms with Gasteiger partial charge in [0, 0.05) is 28.6 Å². The van der Waals surface area contributed by atoms with E-state index in [0.717, 1.165) is 27.1 Å². The van der Waals surface area contributed by atoms with Crippen LogP contribution in [0.4, 0.5) is 0 Å². The molecule has 0 aliphatic heterocycles. The minimum absolute atomic E-state index is 0.108. The number of carbonyl (C=O) groups excluding carboxylic acids is 1. The molecule has 2 rings (SSSR count). The first kappa shape index (κ1) is 18.3. The van der Waals surface area contributed by atoms with E-state index in [2.05, 4.69) is 27.3 Å². The van der Waals surface area contributed by atoms with Crippen molar-refractivity contribution in [1.82, 2.24) is 5.32 Å². The number of amides is 1. The van der Waals surface area contributed by atoms with Gasteiger partial charge in [0.15, 0.2) is 0 Å². The number of rotatable bonds is 7. The lowest BCUT2D eigenvalue weighted by atomic mass is 10.1. The van der Waals surface area contributed by atoms with Crippen molar-refractivity contribution in [2.45, 2.75) is 5.75 Å². The molecule has 1 N–H and O–H groups in total. The second-order valence-electron chi connectivity index (χ2n) is 4.97. The number of halogens is 1. The first-order valence-corrected chi connectivity index (χ1v) is 9.41. The molecule has 2 aromatic carbocycles. The van der Waals surface area contributed by atoms with Gasteiger partial charge in [0.25, 0.3) is 0 Å². The van der Waals surface area contributed by atoms with Gasteiger partial charge in [0.05, 0.1) is 11.6 Å². The molecule has 0 saturated carbocycles. The molecule has 122 valence electrons. The number of carbonyl (C=O) groups is 1. The van der Waals surface area contributed by atoms with Crippen LogP contribution < -0.4 is 5.32 Å². The highest BCUT2D eigenvalue weighted by atomic mass is 79.9. The van der Waals surface area contributed by atoms with Crippen LogP contribution in [0.2, 0.25) is 0 Å². The van der Waals surface area contributed by atoms with Crippen molar-refractivity contribution in [2.24, 2.45) is 0 Å². The molecule has 0 fully saturated rings. The summed E-state index contributed by atoms with van der Waals surface area (Å²) in [6.07, 6.45) is 3.32. The van der Waals surface area contributed by atoms with Gasteiger partial charge >= 0.3 is 0 Å². The summed E-state index contributed by atoms with van der Waals surface area (Å²) in [5, 5.41) is 11.9. The maximum absolute atomic E-state index is 11.8. The van der Waals surface area contributed by atoms with Crippen LogP contribution in [0.15, 0.2) is 59.1 Å². The molecular weight excluding hydrogens is 384 g/mol. The first-order chi connectivity index (χ1) is 11.7. The molecule has 5 heteroatoms. The fourth-order valence-electron chi connectivity index (χ4n) is 2.02. The summed E-state index contributed by atoms with van der Waals surface area (Å²) in [6.45, 7) is 0.596. The van der Waals surface area contributed by atoms with Crippen LogP contribution >= 0.6 is 27.7 Å². The quantitative estimate of drug-likeness (QED) is 0.553. The Morgan fingerprint density at radius 2 is 1.96 bits per heavy atom. The topological polar surface area (TPSA) is 52.9 Å². The molecule has 0 unspecified atom stereocenters. The standard InChI is InChI=1S/C19H17BrN2OS/c20-18-8-4-3-5-15(18)9-10-19(23)22-11-12-24-14-17-7-2-1-6-16(17)13-21/h1-10H,11-12,14H2,(H,22,23)/b10-9+. The normalized spacial score (nSPS) is 10.5. The van der Waals surface area contributed by atoms with Crippen molar-refractivity contribution >= 4 is 39.7 Å². The average Bonchev–Trinajstić information content (AvgIpc) is 2.61. The molecular formula is C19H17BrN2OS. The predicted octanol–water partition coefficient (Wildman–Crippen LogP) is 4.38.